The Bertz CT molecular complexity index is 521. The standard InChI is InChI=1S/C19H29N3O2/c1-2-9-21(8-1)14-18-5-6-19(24-18)15-22(10-11-23-16-19)13-17-4-3-7-20-12-17/h3-4,7,12,18H,1-2,5-6,8-11,13-16H2. The smallest absolute Gasteiger partial charge is 0.105 e. The molecule has 4 heterocycles. The van der Waals surface area contributed by atoms with Gasteiger partial charge in [0.15, 0.2) is 0 Å². The average molecular weight is 331 g/mol. The van der Waals surface area contributed by atoms with Gasteiger partial charge in [0.2, 0.25) is 0 Å². The van der Waals surface area contributed by atoms with Crippen LogP contribution >= 0.6 is 0 Å². The molecule has 1 spiro atoms. The van der Waals surface area contributed by atoms with Gasteiger partial charge in [0.1, 0.15) is 5.60 Å². The maximum absolute atomic E-state index is 6.58. The van der Waals surface area contributed by atoms with Crippen molar-refractivity contribution in [2.45, 2.75) is 43.9 Å². The van der Waals surface area contributed by atoms with Crippen LogP contribution in [0.3, 0.4) is 0 Å². The van der Waals surface area contributed by atoms with Crippen molar-refractivity contribution in [1.29, 1.82) is 0 Å². The number of hydrogen-bond acceptors (Lipinski definition) is 5. The lowest BCUT2D eigenvalue weighted by Crippen LogP contribution is -2.45. The highest BCUT2D eigenvalue weighted by Crippen LogP contribution is 2.34. The van der Waals surface area contributed by atoms with Crippen molar-refractivity contribution in [3.05, 3.63) is 30.1 Å². The molecule has 132 valence electrons. The highest BCUT2D eigenvalue weighted by molar-refractivity contribution is 5.08. The Labute approximate surface area is 144 Å². The minimum absolute atomic E-state index is 0.108. The Balaban J connectivity index is 1.37. The predicted octanol–water partition coefficient (Wildman–Crippen LogP) is 1.93. The molecule has 24 heavy (non-hydrogen) atoms. The largest absolute Gasteiger partial charge is 0.377 e. The lowest BCUT2D eigenvalue weighted by molar-refractivity contribution is -0.0913. The van der Waals surface area contributed by atoms with Gasteiger partial charge < -0.3 is 14.4 Å². The zero-order valence-corrected chi connectivity index (χ0v) is 14.5. The average Bonchev–Trinajstić information content (AvgIpc) is 3.19. The summed E-state index contributed by atoms with van der Waals surface area (Å²) in [5.74, 6) is 0. The molecule has 0 aliphatic carbocycles. The summed E-state index contributed by atoms with van der Waals surface area (Å²) in [7, 11) is 0. The Hall–Kier alpha value is -1.01. The van der Waals surface area contributed by atoms with E-state index < -0.39 is 0 Å². The van der Waals surface area contributed by atoms with Crippen LogP contribution in [0.25, 0.3) is 0 Å². The van der Waals surface area contributed by atoms with Gasteiger partial charge in [0.05, 0.1) is 19.3 Å². The third-order valence-electron chi connectivity index (χ3n) is 5.56. The molecule has 5 heteroatoms. The molecule has 0 saturated carbocycles. The van der Waals surface area contributed by atoms with Crippen molar-refractivity contribution in [2.24, 2.45) is 0 Å². The molecule has 3 fully saturated rings. The Morgan fingerprint density at radius 1 is 1.21 bits per heavy atom. The van der Waals surface area contributed by atoms with Gasteiger partial charge in [-0.25, -0.2) is 0 Å². The summed E-state index contributed by atoms with van der Waals surface area (Å²) in [6, 6.07) is 4.16. The first kappa shape index (κ1) is 16.5. The van der Waals surface area contributed by atoms with Crippen LogP contribution in [0.15, 0.2) is 24.5 Å². The minimum atomic E-state index is -0.108. The van der Waals surface area contributed by atoms with E-state index in [4.69, 9.17) is 9.47 Å². The lowest BCUT2D eigenvalue weighted by Gasteiger charge is -2.32. The molecule has 2 unspecified atom stereocenters. The fourth-order valence-corrected chi connectivity index (χ4v) is 4.37. The summed E-state index contributed by atoms with van der Waals surface area (Å²) in [6.07, 6.45) is 9.16. The van der Waals surface area contributed by atoms with Crippen molar-refractivity contribution in [3.8, 4) is 0 Å². The summed E-state index contributed by atoms with van der Waals surface area (Å²) in [5.41, 5.74) is 1.16. The SMILES string of the molecule is c1cncc(CN2CCOCC3(CCC(CN4CCCC4)O3)C2)c1. The van der Waals surface area contributed by atoms with Crippen LogP contribution in [0.5, 0.6) is 0 Å². The lowest BCUT2D eigenvalue weighted by atomic mass is 10.00. The molecule has 4 rings (SSSR count). The van der Waals surface area contributed by atoms with E-state index in [9.17, 15) is 0 Å². The van der Waals surface area contributed by atoms with Crippen LogP contribution in [0.1, 0.15) is 31.2 Å². The summed E-state index contributed by atoms with van der Waals surface area (Å²) >= 11 is 0. The molecule has 0 N–H and O–H groups in total. The molecular formula is C19H29N3O2. The highest BCUT2D eigenvalue weighted by atomic mass is 16.6. The summed E-state index contributed by atoms with van der Waals surface area (Å²) < 4.78 is 12.5. The van der Waals surface area contributed by atoms with Gasteiger partial charge in [-0.2, -0.15) is 0 Å². The van der Waals surface area contributed by atoms with Crippen LogP contribution < -0.4 is 0 Å². The maximum atomic E-state index is 6.58. The number of hydrogen-bond donors (Lipinski definition) is 0. The van der Waals surface area contributed by atoms with Gasteiger partial charge in [-0.15, -0.1) is 0 Å². The van der Waals surface area contributed by atoms with Gasteiger partial charge in [-0.3, -0.25) is 9.88 Å². The number of aromatic nitrogens is 1. The van der Waals surface area contributed by atoms with Crippen LogP contribution in [-0.2, 0) is 16.0 Å². The molecule has 0 bridgehead atoms. The summed E-state index contributed by atoms with van der Waals surface area (Å²) in [6.45, 7) is 8.00. The molecule has 3 aliphatic heterocycles. The van der Waals surface area contributed by atoms with Gasteiger partial charge >= 0.3 is 0 Å². The molecular weight excluding hydrogens is 302 g/mol. The topological polar surface area (TPSA) is 37.8 Å². The van der Waals surface area contributed by atoms with Crippen molar-refractivity contribution in [1.82, 2.24) is 14.8 Å². The van der Waals surface area contributed by atoms with Gasteiger partial charge in [-0.1, -0.05) is 6.07 Å². The van der Waals surface area contributed by atoms with E-state index in [0.717, 1.165) is 45.8 Å². The fourth-order valence-electron chi connectivity index (χ4n) is 4.37. The summed E-state index contributed by atoms with van der Waals surface area (Å²) in [5, 5.41) is 0. The monoisotopic (exact) mass is 331 g/mol. The summed E-state index contributed by atoms with van der Waals surface area (Å²) in [4.78, 5) is 9.28. The van der Waals surface area contributed by atoms with E-state index in [1.807, 2.05) is 18.5 Å². The Morgan fingerprint density at radius 2 is 2.12 bits per heavy atom. The first-order valence-electron chi connectivity index (χ1n) is 9.41. The number of nitrogens with zero attached hydrogens (tertiary/aromatic N) is 3. The van der Waals surface area contributed by atoms with Crippen molar-refractivity contribution in [3.63, 3.8) is 0 Å². The second kappa shape index (κ2) is 7.48. The molecule has 1 aromatic heterocycles. The quantitative estimate of drug-likeness (QED) is 0.843. The molecule has 3 aliphatic rings. The highest BCUT2D eigenvalue weighted by Gasteiger charge is 2.43. The number of pyridine rings is 1. The Kier molecular flexibility index (Phi) is 5.13. The van der Waals surface area contributed by atoms with E-state index in [2.05, 4.69) is 20.9 Å². The van der Waals surface area contributed by atoms with Gasteiger partial charge in [-0.05, 0) is 50.4 Å². The third-order valence-corrected chi connectivity index (χ3v) is 5.56. The van der Waals surface area contributed by atoms with Crippen LogP contribution in [-0.4, -0.2) is 72.4 Å². The van der Waals surface area contributed by atoms with Crippen molar-refractivity contribution >= 4 is 0 Å². The minimum Gasteiger partial charge on any atom is -0.377 e. The second-order valence-corrected chi connectivity index (χ2v) is 7.59. The Morgan fingerprint density at radius 3 is 2.96 bits per heavy atom. The molecule has 0 radical (unpaired) electrons. The van der Waals surface area contributed by atoms with Crippen molar-refractivity contribution < 1.29 is 9.47 Å². The van der Waals surface area contributed by atoms with Crippen LogP contribution in [0, 0.1) is 0 Å². The van der Waals surface area contributed by atoms with E-state index in [1.54, 1.807) is 0 Å². The molecule has 0 amide bonds. The zero-order valence-electron chi connectivity index (χ0n) is 14.5. The number of rotatable bonds is 4. The van der Waals surface area contributed by atoms with Crippen LogP contribution in [0.2, 0.25) is 0 Å². The first-order chi connectivity index (χ1) is 11.8. The molecule has 3 saturated heterocycles. The molecule has 1 aromatic rings. The predicted molar refractivity (Wildman–Crippen MR) is 92.8 cm³/mol. The maximum Gasteiger partial charge on any atom is 0.105 e. The van der Waals surface area contributed by atoms with Gasteiger partial charge in [0, 0.05) is 38.6 Å². The molecule has 0 aromatic carbocycles. The van der Waals surface area contributed by atoms with E-state index in [-0.39, 0.29) is 5.60 Å². The van der Waals surface area contributed by atoms with E-state index in [0.29, 0.717) is 6.10 Å². The first-order valence-corrected chi connectivity index (χ1v) is 9.41. The fraction of sp³-hybridized carbons (Fsp3) is 0.737. The van der Waals surface area contributed by atoms with E-state index >= 15 is 0 Å². The van der Waals surface area contributed by atoms with Gasteiger partial charge in [0.25, 0.3) is 0 Å². The number of ether oxygens (including phenoxy) is 2. The third kappa shape index (κ3) is 3.97. The van der Waals surface area contributed by atoms with E-state index in [1.165, 1.54) is 37.9 Å². The molecule has 2 atom stereocenters. The molecule has 5 nitrogen and oxygen atoms in total. The normalized spacial score (nSPS) is 32.4. The van der Waals surface area contributed by atoms with Crippen molar-refractivity contribution in [2.75, 3.05) is 45.9 Å². The second-order valence-electron chi connectivity index (χ2n) is 7.59. The van der Waals surface area contributed by atoms with Crippen LogP contribution in [0.4, 0.5) is 0 Å². The zero-order chi connectivity index (χ0) is 16.2. The number of likely N-dealkylation sites (tertiary alicyclic amines) is 1.